The number of carboxylic acid groups (broad SMARTS) is 1. The number of nitrogens with zero attached hydrogens (tertiary/aromatic N) is 1. The summed E-state index contributed by atoms with van der Waals surface area (Å²) in [5, 5.41) is 11.8. The van der Waals surface area contributed by atoms with Crippen molar-refractivity contribution in [3.63, 3.8) is 0 Å². The minimum Gasteiger partial charge on any atom is -0.475 e. The van der Waals surface area contributed by atoms with Crippen molar-refractivity contribution in [2.24, 2.45) is 11.7 Å². The number of alkyl halides is 3. The molecule has 0 aliphatic heterocycles. The van der Waals surface area contributed by atoms with Crippen LogP contribution in [-0.4, -0.2) is 34.2 Å². The van der Waals surface area contributed by atoms with E-state index in [1.807, 2.05) is 30.3 Å². The zero-order chi connectivity index (χ0) is 21.6. The van der Waals surface area contributed by atoms with Gasteiger partial charge in [-0.1, -0.05) is 17.7 Å². The van der Waals surface area contributed by atoms with Gasteiger partial charge in [-0.15, -0.1) is 0 Å². The molecule has 10 heteroatoms. The standard InChI is InChI=1S/C17H20ClN3O.C2HF3O2/c18-13-4-8-16-12(9-13)3-7-15(21-16)10-20-17(22)11-1-5-14(19)6-2-11;3-2(4,5)1(6)7/h3-4,7-9,11,14H,1-2,5-6,10,19H2,(H,20,22);(H,6,7). The van der Waals surface area contributed by atoms with Gasteiger partial charge in [0.05, 0.1) is 17.8 Å². The zero-order valence-electron chi connectivity index (χ0n) is 15.4. The molecule has 0 spiro atoms. The summed E-state index contributed by atoms with van der Waals surface area (Å²) < 4.78 is 31.7. The lowest BCUT2D eigenvalue weighted by Crippen LogP contribution is -2.36. The van der Waals surface area contributed by atoms with Gasteiger partial charge in [0.2, 0.25) is 5.91 Å². The first-order chi connectivity index (χ1) is 13.6. The first-order valence-corrected chi connectivity index (χ1v) is 9.32. The quantitative estimate of drug-likeness (QED) is 0.687. The second-order valence-corrected chi connectivity index (χ2v) is 7.21. The van der Waals surface area contributed by atoms with Gasteiger partial charge in [-0.2, -0.15) is 13.2 Å². The maximum Gasteiger partial charge on any atom is 0.490 e. The molecule has 29 heavy (non-hydrogen) atoms. The highest BCUT2D eigenvalue weighted by atomic mass is 35.5. The van der Waals surface area contributed by atoms with Gasteiger partial charge in [0.15, 0.2) is 0 Å². The molecule has 1 saturated carbocycles. The highest BCUT2D eigenvalue weighted by Crippen LogP contribution is 2.23. The predicted octanol–water partition coefficient (Wildman–Crippen LogP) is 3.66. The summed E-state index contributed by atoms with van der Waals surface area (Å²) in [5.74, 6) is -2.54. The molecule has 158 valence electrons. The number of aliphatic carboxylic acids is 1. The maximum atomic E-state index is 12.2. The minimum absolute atomic E-state index is 0.0964. The van der Waals surface area contributed by atoms with Crippen molar-refractivity contribution in [1.82, 2.24) is 10.3 Å². The molecule has 1 aliphatic rings. The van der Waals surface area contributed by atoms with E-state index in [1.165, 1.54) is 0 Å². The third-order valence-electron chi connectivity index (χ3n) is 4.54. The van der Waals surface area contributed by atoms with E-state index in [9.17, 15) is 18.0 Å². The number of rotatable bonds is 3. The number of halogens is 4. The Morgan fingerprint density at radius 3 is 2.38 bits per heavy atom. The lowest BCUT2D eigenvalue weighted by molar-refractivity contribution is -0.192. The van der Waals surface area contributed by atoms with Crippen LogP contribution in [0.25, 0.3) is 10.9 Å². The van der Waals surface area contributed by atoms with Crippen molar-refractivity contribution in [1.29, 1.82) is 0 Å². The SMILES string of the molecule is NC1CCC(C(=O)NCc2ccc3cc(Cl)ccc3n2)CC1.O=C(O)C(F)(F)F. The molecule has 0 saturated heterocycles. The molecule has 3 rings (SSSR count). The smallest absolute Gasteiger partial charge is 0.475 e. The first-order valence-electron chi connectivity index (χ1n) is 8.95. The average molecular weight is 432 g/mol. The zero-order valence-corrected chi connectivity index (χ0v) is 16.1. The van der Waals surface area contributed by atoms with Crippen LogP contribution in [0.4, 0.5) is 13.2 Å². The maximum absolute atomic E-state index is 12.2. The van der Waals surface area contributed by atoms with Crippen LogP contribution in [-0.2, 0) is 16.1 Å². The van der Waals surface area contributed by atoms with Gasteiger partial charge in [0.25, 0.3) is 0 Å². The lowest BCUT2D eigenvalue weighted by atomic mass is 9.86. The number of hydrogen-bond acceptors (Lipinski definition) is 4. The lowest BCUT2D eigenvalue weighted by Gasteiger charge is -2.25. The number of hydrogen-bond donors (Lipinski definition) is 3. The van der Waals surface area contributed by atoms with E-state index in [1.54, 1.807) is 0 Å². The van der Waals surface area contributed by atoms with E-state index < -0.39 is 12.1 Å². The molecule has 1 amide bonds. The Balaban J connectivity index is 0.000000370. The fourth-order valence-electron chi connectivity index (χ4n) is 2.94. The van der Waals surface area contributed by atoms with Crippen molar-refractivity contribution in [3.8, 4) is 0 Å². The average Bonchev–Trinajstić information content (AvgIpc) is 2.66. The van der Waals surface area contributed by atoms with Crippen LogP contribution in [0.1, 0.15) is 31.4 Å². The van der Waals surface area contributed by atoms with E-state index in [2.05, 4.69) is 10.3 Å². The van der Waals surface area contributed by atoms with Crippen LogP contribution >= 0.6 is 11.6 Å². The Kier molecular flexibility index (Phi) is 7.80. The topological polar surface area (TPSA) is 105 Å². The number of nitrogens with two attached hydrogens (primary N) is 1. The number of carbonyl (C=O) groups excluding carboxylic acids is 1. The molecule has 0 radical (unpaired) electrons. The Morgan fingerprint density at radius 1 is 1.17 bits per heavy atom. The van der Waals surface area contributed by atoms with Crippen LogP contribution in [0, 0.1) is 5.92 Å². The minimum atomic E-state index is -5.08. The first kappa shape index (κ1) is 22.9. The molecule has 1 aliphatic carbocycles. The second-order valence-electron chi connectivity index (χ2n) is 6.77. The molecule has 1 fully saturated rings. The molecule has 0 unspecified atom stereocenters. The highest BCUT2D eigenvalue weighted by molar-refractivity contribution is 6.31. The third-order valence-corrected chi connectivity index (χ3v) is 4.77. The van der Waals surface area contributed by atoms with Crippen LogP contribution in [0.15, 0.2) is 30.3 Å². The van der Waals surface area contributed by atoms with Gasteiger partial charge >= 0.3 is 12.1 Å². The molecule has 2 aromatic rings. The van der Waals surface area contributed by atoms with Gasteiger partial charge < -0.3 is 16.2 Å². The Hall–Kier alpha value is -2.39. The van der Waals surface area contributed by atoms with Gasteiger partial charge in [0.1, 0.15) is 0 Å². The normalized spacial score (nSPS) is 19.2. The van der Waals surface area contributed by atoms with Gasteiger partial charge in [-0.3, -0.25) is 9.78 Å². The number of nitrogens with one attached hydrogen (secondary N) is 1. The number of aromatic nitrogens is 1. The van der Waals surface area contributed by atoms with E-state index in [4.69, 9.17) is 27.2 Å². The van der Waals surface area contributed by atoms with Crippen molar-refractivity contribution in [2.45, 2.75) is 44.4 Å². The van der Waals surface area contributed by atoms with Gasteiger partial charge in [-0.05, 0) is 49.9 Å². The Labute approximate surface area is 170 Å². The molecule has 0 atom stereocenters. The highest BCUT2D eigenvalue weighted by Gasteiger charge is 2.38. The van der Waals surface area contributed by atoms with E-state index >= 15 is 0 Å². The summed E-state index contributed by atoms with van der Waals surface area (Å²) in [6.07, 6.45) is -1.44. The van der Waals surface area contributed by atoms with Crippen LogP contribution in [0.5, 0.6) is 0 Å². The molecule has 6 nitrogen and oxygen atoms in total. The number of pyridine rings is 1. The summed E-state index contributed by atoms with van der Waals surface area (Å²) in [4.78, 5) is 25.6. The largest absolute Gasteiger partial charge is 0.490 e. The molecule has 1 aromatic heterocycles. The van der Waals surface area contributed by atoms with E-state index in [0.29, 0.717) is 11.6 Å². The number of benzene rings is 1. The van der Waals surface area contributed by atoms with Crippen LogP contribution in [0.3, 0.4) is 0 Å². The van der Waals surface area contributed by atoms with Crippen molar-refractivity contribution in [3.05, 3.63) is 41.0 Å². The summed E-state index contributed by atoms with van der Waals surface area (Å²) in [6, 6.07) is 9.77. The number of amides is 1. The van der Waals surface area contributed by atoms with Crippen molar-refractivity contribution >= 4 is 34.4 Å². The number of fused-ring (bicyclic) bond motifs is 1. The molecule has 1 aromatic carbocycles. The Morgan fingerprint density at radius 2 is 1.79 bits per heavy atom. The third kappa shape index (κ3) is 7.17. The summed E-state index contributed by atoms with van der Waals surface area (Å²) >= 11 is 5.96. The van der Waals surface area contributed by atoms with Crippen LogP contribution < -0.4 is 11.1 Å². The van der Waals surface area contributed by atoms with Crippen LogP contribution in [0.2, 0.25) is 5.02 Å². The molecule has 0 bridgehead atoms. The van der Waals surface area contributed by atoms with Gasteiger partial charge in [0, 0.05) is 22.4 Å². The van der Waals surface area contributed by atoms with Gasteiger partial charge in [-0.25, -0.2) is 4.79 Å². The van der Waals surface area contributed by atoms with Crippen molar-refractivity contribution < 1.29 is 27.9 Å². The molecular formula is C19H21ClF3N3O3. The van der Waals surface area contributed by atoms with E-state index in [0.717, 1.165) is 42.3 Å². The molecule has 4 N–H and O–H groups in total. The monoisotopic (exact) mass is 431 g/mol. The Bertz CT molecular complexity index is 869. The molecule has 1 heterocycles. The fraction of sp³-hybridized carbons (Fsp3) is 0.421. The number of carbonyl (C=O) groups is 2. The van der Waals surface area contributed by atoms with E-state index in [-0.39, 0.29) is 17.9 Å². The predicted molar refractivity (Wildman–Crippen MR) is 102 cm³/mol. The van der Waals surface area contributed by atoms with Crippen molar-refractivity contribution in [2.75, 3.05) is 0 Å². The fourth-order valence-corrected chi connectivity index (χ4v) is 3.12. The second kappa shape index (κ2) is 9.89. The summed E-state index contributed by atoms with van der Waals surface area (Å²) in [5.41, 5.74) is 7.62. The number of carboxylic acids is 1. The summed E-state index contributed by atoms with van der Waals surface area (Å²) in [7, 11) is 0. The molecular weight excluding hydrogens is 411 g/mol. The summed E-state index contributed by atoms with van der Waals surface area (Å²) in [6.45, 7) is 0.458.